The Morgan fingerprint density at radius 2 is 1.29 bits per heavy atom. The molecule has 7 heavy (non-hydrogen) atoms. The van der Waals surface area contributed by atoms with Gasteiger partial charge in [-0.1, -0.05) is 0 Å². The van der Waals surface area contributed by atoms with Gasteiger partial charge in [-0.05, 0) is 0 Å². The summed E-state index contributed by atoms with van der Waals surface area (Å²) in [5, 5.41) is 0. The van der Waals surface area contributed by atoms with Crippen LogP contribution in [0.15, 0.2) is 0 Å². The molecular weight excluding hydrogens is 189 g/mol. The van der Waals surface area contributed by atoms with Gasteiger partial charge in [0.1, 0.15) is 0 Å². The zero-order valence-corrected chi connectivity index (χ0v) is 5.51. The van der Waals surface area contributed by atoms with Crippen LogP contribution in [-0.2, 0) is 38.1 Å². The van der Waals surface area contributed by atoms with E-state index in [2.05, 4.69) is 0 Å². The maximum absolute atomic E-state index is 8.80. The fourth-order valence-electron chi connectivity index (χ4n) is 0. The molecule has 2 N–H and O–H groups in total. The molecule has 4 nitrogen and oxygen atoms in total. The molecule has 0 aliphatic carbocycles. The molecule has 0 saturated carbocycles. The van der Waals surface area contributed by atoms with E-state index in [1.165, 1.54) is 0 Å². The molecule has 0 aliphatic rings. The van der Waals surface area contributed by atoms with Crippen LogP contribution in [0.3, 0.4) is 0 Å². The third-order valence-electron chi connectivity index (χ3n) is 0. The Hall–Kier alpha value is 1.16. The van der Waals surface area contributed by atoms with Gasteiger partial charge < -0.3 is 1.43 Å². The summed E-state index contributed by atoms with van der Waals surface area (Å²) in [5.41, 5.74) is 0. The number of hydrogen-bond donors (Lipinski definition) is 2. The van der Waals surface area contributed by atoms with E-state index >= 15 is 0 Å². The molecule has 0 aliphatic heterocycles. The van der Waals surface area contributed by atoms with Crippen molar-refractivity contribution in [3.8, 4) is 0 Å². The van der Waals surface area contributed by atoms with Crippen LogP contribution in [-0.4, -0.2) is 8.38 Å². The fraction of sp³-hybridized carbons (Fsp3) is 0. The van der Waals surface area contributed by atoms with E-state index in [9.17, 15) is 0 Å². The number of hydrogen-bond acceptors (Lipinski definition) is 2. The molecule has 0 aromatic heterocycles. The Labute approximate surface area is 66.7 Å². The van der Waals surface area contributed by atoms with Crippen LogP contribution in [0.4, 0.5) is 0 Å². The molecule has 1 radical (unpaired) electrons. The molecule has 0 aromatic rings. The molecule has 0 rings (SSSR count). The Morgan fingerprint density at radius 1 is 1.29 bits per heavy atom. The summed E-state index contributed by atoms with van der Waals surface area (Å²) in [4.78, 5) is 0. The van der Waals surface area contributed by atoms with Gasteiger partial charge in [-0.3, -0.25) is 0 Å². The van der Waals surface area contributed by atoms with Crippen molar-refractivity contribution in [3.05, 3.63) is 0 Å². The van der Waals surface area contributed by atoms with E-state index in [4.69, 9.17) is 16.0 Å². The van der Waals surface area contributed by atoms with Crippen molar-refractivity contribution in [3.63, 3.8) is 0 Å². The summed E-state index contributed by atoms with van der Waals surface area (Å²) in [7, 11) is 0. The Bertz CT molecular complexity index is 99.2. The maximum atomic E-state index is 8.80. The van der Waals surface area contributed by atoms with E-state index in [-0.39, 0.29) is 37.4 Å². The molecule has 0 unspecified atom stereocenters. The van der Waals surface area contributed by atoms with Crippen LogP contribution < -0.4 is 18.9 Å². The Kier molecular flexibility index (Phi) is 11.9. The predicted molar refractivity (Wildman–Crippen MR) is 6.92 cm³/mol. The van der Waals surface area contributed by atoms with Crippen LogP contribution in [0.2, 0.25) is 0 Å². The minimum absolute atomic E-state index is 0. The van der Waals surface area contributed by atoms with Crippen molar-refractivity contribution in [2.24, 2.45) is 0 Å². The quantitative estimate of drug-likeness (QED) is 0.381. The van der Waals surface area contributed by atoms with Crippen LogP contribution in [0.5, 0.6) is 0 Å². The molecule has 0 saturated heterocycles. The summed E-state index contributed by atoms with van der Waals surface area (Å²) >= 11 is -5.12. The van der Waals surface area contributed by atoms with Crippen molar-refractivity contribution in [1.29, 1.82) is 0 Å². The molecule has 0 atom stereocenters. The van der Waals surface area contributed by atoms with Gasteiger partial charge in [0, 0.05) is 17.1 Å². The van der Waals surface area contributed by atoms with Crippen molar-refractivity contribution in [1.82, 2.24) is 0 Å². The SMILES string of the molecule is [Cu].[H-].[Li+].[O]=[Mn](=[O])([OH])[OH]. The van der Waals surface area contributed by atoms with Crippen molar-refractivity contribution in [2.75, 3.05) is 0 Å². The summed E-state index contributed by atoms with van der Waals surface area (Å²) in [6, 6.07) is 0. The summed E-state index contributed by atoms with van der Waals surface area (Å²) < 4.78 is 31.8. The first-order valence-corrected chi connectivity index (χ1v) is 2.67. The van der Waals surface area contributed by atoms with Gasteiger partial charge in [0.05, 0.1) is 0 Å². The van der Waals surface area contributed by atoms with Gasteiger partial charge in [0.2, 0.25) is 0 Å². The predicted octanol–water partition coefficient (Wildman–Crippen LogP) is -4.24. The summed E-state index contributed by atoms with van der Waals surface area (Å²) in [6.07, 6.45) is 0. The van der Waals surface area contributed by atoms with E-state index in [0.717, 1.165) is 0 Å². The van der Waals surface area contributed by atoms with Crippen molar-refractivity contribution in [2.45, 2.75) is 0 Å². The first-order chi connectivity index (χ1) is 2.00. The van der Waals surface area contributed by atoms with Crippen LogP contribution >= 0.6 is 0 Å². The average molecular weight is 192 g/mol. The minimum atomic E-state index is -5.12. The first-order valence-electron chi connectivity index (χ1n) is 0.647. The molecule has 7 heteroatoms. The summed E-state index contributed by atoms with van der Waals surface area (Å²) in [6.45, 7) is 0. The van der Waals surface area contributed by atoms with Crippen LogP contribution in [0.25, 0.3) is 0 Å². The van der Waals surface area contributed by atoms with Crippen molar-refractivity contribution < 1.29 is 66.8 Å². The van der Waals surface area contributed by atoms with Crippen molar-refractivity contribution >= 4 is 0 Å². The van der Waals surface area contributed by atoms with Crippen LogP contribution in [0, 0.1) is 0 Å². The van der Waals surface area contributed by atoms with Gasteiger partial charge in [-0.15, -0.1) is 0 Å². The fourth-order valence-corrected chi connectivity index (χ4v) is 0. The molecule has 46 valence electrons. The molecule has 0 heterocycles. The van der Waals surface area contributed by atoms with Gasteiger partial charge in [0.25, 0.3) is 0 Å². The zero-order valence-electron chi connectivity index (χ0n) is 4.39. The standard InChI is InChI=1S/Cu.Li.Mn.2H2O.2O.H/h;;;2*1H2;;;/q;+1;+2;;;;;-1/p-2. The Morgan fingerprint density at radius 3 is 1.29 bits per heavy atom. The molecule has 0 aromatic carbocycles. The van der Waals surface area contributed by atoms with Gasteiger partial charge in [-0.2, -0.15) is 0 Å². The van der Waals surface area contributed by atoms with E-state index in [1.807, 2.05) is 0 Å². The molecule has 0 bridgehead atoms. The average Bonchev–Trinajstić information content (AvgIpc) is 0.722. The molecule has 0 fully saturated rings. The monoisotopic (exact) mass is 192 g/mol. The van der Waals surface area contributed by atoms with Gasteiger partial charge in [-0.25, -0.2) is 0 Å². The third kappa shape index (κ3) is 142. The second-order valence-corrected chi connectivity index (χ2v) is 1.71. The number of rotatable bonds is 0. The third-order valence-corrected chi connectivity index (χ3v) is 0. The topological polar surface area (TPSA) is 74.6 Å². The van der Waals surface area contributed by atoms with Gasteiger partial charge >= 0.3 is 48.3 Å². The first kappa shape index (κ1) is 15.7. The van der Waals surface area contributed by atoms with E-state index < -0.39 is 13.4 Å². The second-order valence-electron chi connectivity index (χ2n) is 0.415. The summed E-state index contributed by atoms with van der Waals surface area (Å²) in [5.74, 6) is 0. The second kappa shape index (κ2) is 5.30. The Balaban J connectivity index is -0.0000000267. The zero-order chi connectivity index (χ0) is 4.50. The normalized spacial score (nSPS) is 8.29. The van der Waals surface area contributed by atoms with E-state index in [0.29, 0.717) is 0 Å². The van der Waals surface area contributed by atoms with Gasteiger partial charge in [0.15, 0.2) is 0 Å². The molecular formula is H3CuLiMnO4. The molecule has 0 amide bonds. The molecule has 0 spiro atoms. The van der Waals surface area contributed by atoms with E-state index in [1.54, 1.807) is 0 Å². The van der Waals surface area contributed by atoms with Crippen LogP contribution in [0.1, 0.15) is 1.43 Å².